The summed E-state index contributed by atoms with van der Waals surface area (Å²) in [6, 6.07) is 27.5. The van der Waals surface area contributed by atoms with Gasteiger partial charge in [-0.15, -0.1) is 0 Å². The fraction of sp³-hybridized carbons (Fsp3) is 0.0400. The van der Waals surface area contributed by atoms with Gasteiger partial charge in [0.05, 0.1) is 11.2 Å². The van der Waals surface area contributed by atoms with Gasteiger partial charge in [-0.1, -0.05) is 72.8 Å². The number of aromatic nitrogens is 1. The van der Waals surface area contributed by atoms with Gasteiger partial charge in [-0.2, -0.15) is 0 Å². The smallest absolute Gasteiger partial charge is 0.150 e. The lowest BCUT2D eigenvalue weighted by Crippen LogP contribution is -1.98. The van der Waals surface area contributed by atoms with Gasteiger partial charge in [-0.25, -0.2) is 4.98 Å². The molecule has 0 spiro atoms. The predicted octanol–water partition coefficient (Wildman–Crippen LogP) is 5.80. The van der Waals surface area contributed by atoms with Gasteiger partial charge in [0.2, 0.25) is 0 Å². The average molecular weight is 365 g/mol. The van der Waals surface area contributed by atoms with Gasteiger partial charge in [-0.3, -0.25) is 4.79 Å². The zero-order valence-electron chi connectivity index (χ0n) is 15.3. The number of hydrogen-bond acceptors (Lipinski definition) is 3. The molecule has 0 radical (unpaired) electrons. The van der Waals surface area contributed by atoms with Gasteiger partial charge < -0.3 is 4.74 Å². The van der Waals surface area contributed by atoms with Crippen LogP contribution in [0.5, 0.6) is 5.75 Å². The van der Waals surface area contributed by atoms with Gasteiger partial charge in [-0.05, 0) is 35.4 Å². The summed E-state index contributed by atoms with van der Waals surface area (Å²) < 4.78 is 5.86. The van der Waals surface area contributed by atoms with Crippen LogP contribution in [0.2, 0.25) is 0 Å². The summed E-state index contributed by atoms with van der Waals surface area (Å²) in [6.45, 7) is 0.434. The minimum absolute atomic E-state index is 0.434. The van der Waals surface area contributed by atoms with Crippen LogP contribution in [0.25, 0.3) is 23.1 Å². The topological polar surface area (TPSA) is 39.2 Å². The fourth-order valence-corrected chi connectivity index (χ4v) is 2.90. The summed E-state index contributed by atoms with van der Waals surface area (Å²) >= 11 is 0. The maximum atomic E-state index is 10.7. The SMILES string of the molecule is O=Cc1ccc(/C=C/c2ccc(OCc3ccc4ccccc4n3)cc2)cc1. The van der Waals surface area contributed by atoms with E-state index in [2.05, 4.69) is 17.1 Å². The minimum atomic E-state index is 0.434. The molecule has 28 heavy (non-hydrogen) atoms. The molecule has 0 fully saturated rings. The zero-order chi connectivity index (χ0) is 19.2. The van der Waals surface area contributed by atoms with Crippen molar-refractivity contribution in [3.63, 3.8) is 0 Å². The van der Waals surface area contributed by atoms with Crippen molar-refractivity contribution < 1.29 is 9.53 Å². The molecular weight excluding hydrogens is 346 g/mol. The van der Waals surface area contributed by atoms with E-state index in [1.54, 1.807) is 0 Å². The molecule has 0 unspecified atom stereocenters. The maximum Gasteiger partial charge on any atom is 0.150 e. The van der Waals surface area contributed by atoms with Crippen molar-refractivity contribution in [3.05, 3.63) is 107 Å². The van der Waals surface area contributed by atoms with Gasteiger partial charge in [0, 0.05) is 10.9 Å². The molecule has 0 N–H and O–H groups in total. The molecule has 0 amide bonds. The van der Waals surface area contributed by atoms with Crippen molar-refractivity contribution in [2.75, 3.05) is 0 Å². The molecular formula is C25H19NO2. The van der Waals surface area contributed by atoms with Crippen LogP contribution in [-0.4, -0.2) is 11.3 Å². The summed E-state index contributed by atoms with van der Waals surface area (Å²) in [5.74, 6) is 0.808. The van der Waals surface area contributed by atoms with E-state index in [-0.39, 0.29) is 0 Å². The number of para-hydroxylation sites is 1. The summed E-state index contributed by atoms with van der Waals surface area (Å²) in [4.78, 5) is 15.3. The summed E-state index contributed by atoms with van der Waals surface area (Å²) in [5.41, 5.74) is 4.69. The van der Waals surface area contributed by atoms with E-state index in [0.717, 1.165) is 39.8 Å². The quantitative estimate of drug-likeness (QED) is 0.320. The third-order valence-electron chi connectivity index (χ3n) is 4.46. The number of fused-ring (bicyclic) bond motifs is 1. The second kappa shape index (κ2) is 8.31. The number of nitrogens with zero attached hydrogens (tertiary/aromatic N) is 1. The first-order valence-electron chi connectivity index (χ1n) is 9.11. The first kappa shape index (κ1) is 17.7. The number of rotatable bonds is 6. The lowest BCUT2D eigenvalue weighted by atomic mass is 10.1. The molecule has 4 aromatic rings. The number of benzene rings is 3. The molecule has 0 aliphatic carbocycles. The van der Waals surface area contributed by atoms with Crippen molar-refractivity contribution in [2.45, 2.75) is 6.61 Å². The lowest BCUT2D eigenvalue weighted by molar-refractivity contribution is 0.112. The van der Waals surface area contributed by atoms with Crippen LogP contribution >= 0.6 is 0 Å². The third-order valence-corrected chi connectivity index (χ3v) is 4.46. The van der Waals surface area contributed by atoms with Crippen molar-refractivity contribution >= 4 is 29.3 Å². The Morgan fingerprint density at radius 2 is 1.36 bits per heavy atom. The van der Waals surface area contributed by atoms with Gasteiger partial charge in [0.25, 0.3) is 0 Å². The first-order chi connectivity index (χ1) is 13.8. The molecule has 1 heterocycles. The molecule has 3 aromatic carbocycles. The Bertz CT molecular complexity index is 1110. The van der Waals surface area contributed by atoms with Gasteiger partial charge in [0.15, 0.2) is 0 Å². The molecule has 0 atom stereocenters. The Morgan fingerprint density at radius 1 is 0.714 bits per heavy atom. The van der Waals surface area contributed by atoms with Crippen LogP contribution in [0.3, 0.4) is 0 Å². The van der Waals surface area contributed by atoms with Crippen LogP contribution in [0.1, 0.15) is 27.2 Å². The molecule has 0 bridgehead atoms. The van der Waals surface area contributed by atoms with Crippen LogP contribution in [0.15, 0.2) is 84.9 Å². The summed E-state index contributed by atoms with van der Waals surface area (Å²) in [6.07, 6.45) is 4.90. The summed E-state index contributed by atoms with van der Waals surface area (Å²) in [5, 5.41) is 1.13. The van der Waals surface area contributed by atoms with E-state index in [9.17, 15) is 4.79 Å². The number of carbonyl (C=O) groups is 1. The molecule has 0 aliphatic rings. The Balaban J connectivity index is 1.38. The first-order valence-corrected chi connectivity index (χ1v) is 9.11. The molecule has 136 valence electrons. The number of pyridine rings is 1. The number of hydrogen-bond donors (Lipinski definition) is 0. The Kier molecular flexibility index (Phi) is 5.25. The van der Waals surface area contributed by atoms with E-state index in [1.165, 1.54) is 0 Å². The van der Waals surface area contributed by atoms with E-state index >= 15 is 0 Å². The van der Waals surface area contributed by atoms with E-state index < -0.39 is 0 Å². The van der Waals surface area contributed by atoms with Crippen molar-refractivity contribution in [1.82, 2.24) is 4.98 Å². The Hall–Kier alpha value is -3.72. The Labute approximate surface area is 163 Å². The zero-order valence-corrected chi connectivity index (χ0v) is 15.3. The van der Waals surface area contributed by atoms with Gasteiger partial charge in [0.1, 0.15) is 18.6 Å². The molecule has 0 saturated heterocycles. The maximum absolute atomic E-state index is 10.7. The molecule has 1 aromatic heterocycles. The Morgan fingerprint density at radius 3 is 2.07 bits per heavy atom. The van der Waals surface area contributed by atoms with E-state index in [4.69, 9.17) is 4.74 Å². The molecule has 0 aliphatic heterocycles. The highest BCUT2D eigenvalue weighted by Gasteiger charge is 2.00. The monoisotopic (exact) mass is 365 g/mol. The highest BCUT2D eigenvalue weighted by Crippen LogP contribution is 2.17. The second-order valence-corrected chi connectivity index (χ2v) is 6.47. The van der Waals surface area contributed by atoms with Crippen LogP contribution in [0.4, 0.5) is 0 Å². The van der Waals surface area contributed by atoms with Crippen molar-refractivity contribution in [1.29, 1.82) is 0 Å². The summed E-state index contributed by atoms with van der Waals surface area (Å²) in [7, 11) is 0. The molecule has 0 saturated carbocycles. The van der Waals surface area contributed by atoms with Crippen LogP contribution in [0, 0.1) is 0 Å². The fourth-order valence-electron chi connectivity index (χ4n) is 2.90. The van der Waals surface area contributed by atoms with Crippen LogP contribution < -0.4 is 4.74 Å². The standard InChI is InChI=1S/C25H19NO2/c27-17-21-9-7-19(8-10-21)5-6-20-11-15-24(16-12-20)28-18-23-14-13-22-3-1-2-4-25(22)26-23/h1-17H,18H2/b6-5+. The number of aldehydes is 1. The van der Waals surface area contributed by atoms with E-state index in [0.29, 0.717) is 12.2 Å². The van der Waals surface area contributed by atoms with Crippen LogP contribution in [-0.2, 0) is 6.61 Å². The van der Waals surface area contributed by atoms with E-state index in [1.807, 2.05) is 84.9 Å². The molecule has 4 rings (SSSR count). The molecule has 3 nitrogen and oxygen atoms in total. The van der Waals surface area contributed by atoms with Gasteiger partial charge >= 0.3 is 0 Å². The highest BCUT2D eigenvalue weighted by atomic mass is 16.5. The second-order valence-electron chi connectivity index (χ2n) is 6.47. The van der Waals surface area contributed by atoms with Crippen molar-refractivity contribution in [3.8, 4) is 5.75 Å². The van der Waals surface area contributed by atoms with Crippen molar-refractivity contribution in [2.24, 2.45) is 0 Å². The third kappa shape index (κ3) is 4.33. The highest BCUT2D eigenvalue weighted by molar-refractivity contribution is 5.78. The molecule has 3 heteroatoms. The number of carbonyl (C=O) groups excluding carboxylic acids is 1. The largest absolute Gasteiger partial charge is 0.487 e. The normalized spacial score (nSPS) is 11.0. The lowest BCUT2D eigenvalue weighted by Gasteiger charge is -2.07. The average Bonchev–Trinajstić information content (AvgIpc) is 2.77. The predicted molar refractivity (Wildman–Crippen MR) is 113 cm³/mol. The minimum Gasteiger partial charge on any atom is -0.487 e. The number of ether oxygens (including phenoxy) is 1.